The van der Waals surface area contributed by atoms with Gasteiger partial charge >= 0.3 is 6.03 Å². The van der Waals surface area contributed by atoms with Crippen molar-refractivity contribution in [3.63, 3.8) is 0 Å². The van der Waals surface area contributed by atoms with E-state index in [1.807, 2.05) is 16.8 Å². The zero-order valence-corrected chi connectivity index (χ0v) is 22.7. The first kappa shape index (κ1) is 28.1. The highest BCUT2D eigenvalue weighted by atomic mass is 19.1. The van der Waals surface area contributed by atoms with Gasteiger partial charge in [-0.1, -0.05) is 30.3 Å². The second kappa shape index (κ2) is 13.3. The molecule has 5 aromatic rings. The number of nitrogens with zero attached hydrogens (tertiary/aromatic N) is 3. The minimum absolute atomic E-state index is 0.0416. The number of pyridine rings is 1. The third-order valence-electron chi connectivity index (χ3n) is 6.23. The lowest BCUT2D eigenvalue weighted by molar-refractivity contribution is -0.119. The van der Waals surface area contributed by atoms with E-state index in [0.29, 0.717) is 34.8 Å². The molecule has 3 amide bonds. The van der Waals surface area contributed by atoms with Gasteiger partial charge in [-0.25, -0.2) is 14.2 Å². The Morgan fingerprint density at radius 3 is 2.57 bits per heavy atom. The number of rotatable bonds is 11. The first-order valence-corrected chi connectivity index (χ1v) is 13.2. The predicted molar refractivity (Wildman–Crippen MR) is 154 cm³/mol. The number of halogens is 1. The van der Waals surface area contributed by atoms with Crippen molar-refractivity contribution in [2.75, 3.05) is 19.0 Å². The van der Waals surface area contributed by atoms with Gasteiger partial charge in [0.25, 0.3) is 0 Å². The number of aryl methyl sites for hydroxylation is 1. The predicted octanol–water partition coefficient (Wildman–Crippen LogP) is 5.73. The Bertz CT molecular complexity index is 1680. The summed E-state index contributed by atoms with van der Waals surface area (Å²) < 4.78 is 34.3. The fourth-order valence-electron chi connectivity index (χ4n) is 4.23. The van der Waals surface area contributed by atoms with Gasteiger partial charge in [-0.3, -0.25) is 15.1 Å². The Balaban J connectivity index is 1.23. The molecule has 2 aromatic heterocycles. The third kappa shape index (κ3) is 7.19. The molecule has 11 heteroatoms. The second-order valence-electron chi connectivity index (χ2n) is 9.24. The standard InChI is InChI=1S/C31H28FN5O5/c1-40-28-18-23-25(19-29(28)41-15-5-13-37-14-12-33-20-37)34-11-10-26(23)42-27-9-8-22(17-24(27)32)35-31(39)36-30(38)16-21-6-3-2-4-7-21/h2-4,6-12,14,17-20H,5,13,15-16H2,1H3,(H2,35,36,38,39). The van der Waals surface area contributed by atoms with Crippen LogP contribution in [0.25, 0.3) is 10.9 Å². The molecule has 214 valence electrons. The van der Waals surface area contributed by atoms with Crippen LogP contribution in [0.1, 0.15) is 12.0 Å². The van der Waals surface area contributed by atoms with Gasteiger partial charge in [0.2, 0.25) is 5.91 Å². The molecule has 2 N–H and O–H groups in total. The van der Waals surface area contributed by atoms with E-state index in [1.54, 1.807) is 61.2 Å². The molecule has 0 fully saturated rings. The van der Waals surface area contributed by atoms with E-state index in [0.717, 1.165) is 24.6 Å². The molecule has 0 saturated heterocycles. The van der Waals surface area contributed by atoms with Crippen LogP contribution >= 0.6 is 0 Å². The average molecular weight is 570 g/mol. The van der Waals surface area contributed by atoms with E-state index in [4.69, 9.17) is 14.2 Å². The van der Waals surface area contributed by atoms with Crippen LogP contribution in [-0.2, 0) is 17.8 Å². The number of amides is 3. The van der Waals surface area contributed by atoms with Crippen LogP contribution in [0.4, 0.5) is 14.9 Å². The van der Waals surface area contributed by atoms with Gasteiger partial charge in [0.1, 0.15) is 5.75 Å². The number of fused-ring (bicyclic) bond motifs is 1. The number of anilines is 1. The number of ether oxygens (including phenoxy) is 3. The zero-order valence-electron chi connectivity index (χ0n) is 22.7. The number of aromatic nitrogens is 3. The lowest BCUT2D eigenvalue weighted by atomic mass is 10.1. The van der Waals surface area contributed by atoms with Crippen LogP contribution in [0, 0.1) is 5.82 Å². The summed E-state index contributed by atoms with van der Waals surface area (Å²) in [6.45, 7) is 1.23. The van der Waals surface area contributed by atoms with Crippen LogP contribution in [0.2, 0.25) is 0 Å². The molecule has 10 nitrogen and oxygen atoms in total. The number of hydrogen-bond acceptors (Lipinski definition) is 7. The molecule has 0 aliphatic rings. The minimum Gasteiger partial charge on any atom is -0.493 e. The summed E-state index contributed by atoms with van der Waals surface area (Å²) in [7, 11) is 1.53. The summed E-state index contributed by atoms with van der Waals surface area (Å²) in [4.78, 5) is 32.8. The highest BCUT2D eigenvalue weighted by molar-refractivity contribution is 6.01. The van der Waals surface area contributed by atoms with Crippen molar-refractivity contribution < 1.29 is 28.2 Å². The van der Waals surface area contributed by atoms with E-state index in [-0.39, 0.29) is 17.9 Å². The van der Waals surface area contributed by atoms with Gasteiger partial charge in [0.15, 0.2) is 23.1 Å². The normalized spacial score (nSPS) is 10.7. The summed E-state index contributed by atoms with van der Waals surface area (Å²) in [6.07, 6.45) is 7.73. The number of methoxy groups -OCH3 is 1. The molecule has 0 saturated carbocycles. The van der Waals surface area contributed by atoms with E-state index < -0.39 is 17.8 Å². The van der Waals surface area contributed by atoms with Crippen molar-refractivity contribution in [3.05, 3.63) is 103 Å². The second-order valence-corrected chi connectivity index (χ2v) is 9.24. The average Bonchev–Trinajstić information content (AvgIpc) is 3.50. The van der Waals surface area contributed by atoms with Crippen LogP contribution in [0.15, 0.2) is 91.6 Å². The highest BCUT2D eigenvalue weighted by Gasteiger charge is 2.15. The summed E-state index contributed by atoms with van der Waals surface area (Å²) in [5.74, 6) is 0.111. The molecule has 42 heavy (non-hydrogen) atoms. The molecule has 0 radical (unpaired) electrons. The van der Waals surface area contributed by atoms with Crippen LogP contribution in [0.5, 0.6) is 23.0 Å². The number of imide groups is 1. The number of carbonyl (C=O) groups excluding carboxylic acids is 2. The summed E-state index contributed by atoms with van der Waals surface area (Å²) >= 11 is 0. The maximum atomic E-state index is 15.0. The molecular formula is C31H28FN5O5. The monoisotopic (exact) mass is 569 g/mol. The van der Waals surface area contributed by atoms with Crippen LogP contribution in [-0.4, -0.2) is 40.2 Å². The van der Waals surface area contributed by atoms with Gasteiger partial charge in [0.05, 0.1) is 32.0 Å². The number of hydrogen-bond donors (Lipinski definition) is 2. The van der Waals surface area contributed by atoms with Gasteiger partial charge < -0.3 is 24.1 Å². The number of urea groups is 1. The number of benzene rings is 3. The maximum absolute atomic E-state index is 15.0. The van der Waals surface area contributed by atoms with Gasteiger partial charge in [-0.05, 0) is 36.2 Å². The summed E-state index contributed by atoms with van der Waals surface area (Å²) in [5.41, 5.74) is 1.50. The Morgan fingerprint density at radius 1 is 0.952 bits per heavy atom. The highest BCUT2D eigenvalue weighted by Crippen LogP contribution is 2.37. The van der Waals surface area contributed by atoms with Gasteiger partial charge in [-0.2, -0.15) is 0 Å². The summed E-state index contributed by atoms with van der Waals surface area (Å²) in [6, 6.07) is 17.3. The lowest BCUT2D eigenvalue weighted by Crippen LogP contribution is -2.35. The van der Waals surface area contributed by atoms with Crippen molar-refractivity contribution in [2.24, 2.45) is 0 Å². The largest absolute Gasteiger partial charge is 0.493 e. The first-order chi connectivity index (χ1) is 20.5. The van der Waals surface area contributed by atoms with Crippen molar-refractivity contribution in [1.82, 2.24) is 19.9 Å². The van der Waals surface area contributed by atoms with E-state index in [1.165, 1.54) is 19.2 Å². The Labute approximate surface area is 241 Å². The fourth-order valence-corrected chi connectivity index (χ4v) is 4.23. The van der Waals surface area contributed by atoms with Crippen LogP contribution < -0.4 is 24.8 Å². The van der Waals surface area contributed by atoms with E-state index >= 15 is 0 Å². The first-order valence-electron chi connectivity index (χ1n) is 13.2. The van der Waals surface area contributed by atoms with Gasteiger partial charge in [0, 0.05) is 48.3 Å². The lowest BCUT2D eigenvalue weighted by Gasteiger charge is -2.14. The van der Waals surface area contributed by atoms with E-state index in [9.17, 15) is 14.0 Å². The van der Waals surface area contributed by atoms with Gasteiger partial charge in [-0.15, -0.1) is 0 Å². The topological polar surface area (TPSA) is 117 Å². The molecule has 0 unspecified atom stereocenters. The van der Waals surface area contributed by atoms with Crippen molar-refractivity contribution >= 4 is 28.5 Å². The molecule has 2 heterocycles. The molecule has 0 aliphatic heterocycles. The molecule has 3 aromatic carbocycles. The van der Waals surface area contributed by atoms with Crippen molar-refractivity contribution in [2.45, 2.75) is 19.4 Å². The molecule has 0 spiro atoms. The Hall–Kier alpha value is -5.45. The smallest absolute Gasteiger partial charge is 0.325 e. The Morgan fingerprint density at radius 2 is 1.81 bits per heavy atom. The molecule has 5 rings (SSSR count). The Kier molecular flexibility index (Phi) is 8.88. The fraction of sp³-hybridized carbons (Fsp3) is 0.161. The van der Waals surface area contributed by atoms with Crippen molar-refractivity contribution in [1.29, 1.82) is 0 Å². The molecule has 0 atom stereocenters. The molecule has 0 bridgehead atoms. The summed E-state index contributed by atoms with van der Waals surface area (Å²) in [5, 5.41) is 5.29. The zero-order chi connectivity index (χ0) is 29.3. The molecular weight excluding hydrogens is 541 g/mol. The van der Waals surface area contributed by atoms with Crippen molar-refractivity contribution in [3.8, 4) is 23.0 Å². The van der Waals surface area contributed by atoms with Crippen LogP contribution in [0.3, 0.4) is 0 Å². The van der Waals surface area contributed by atoms with E-state index in [2.05, 4.69) is 20.6 Å². The quantitative estimate of drug-likeness (QED) is 0.195. The number of carbonyl (C=O) groups is 2. The minimum atomic E-state index is -0.768. The number of imidazole rings is 1. The maximum Gasteiger partial charge on any atom is 0.325 e. The SMILES string of the molecule is COc1cc2c(Oc3ccc(NC(=O)NC(=O)Cc4ccccc4)cc3F)ccnc2cc1OCCCn1ccnc1. The molecule has 0 aliphatic carbocycles. The third-order valence-corrected chi connectivity index (χ3v) is 6.23. The number of nitrogens with one attached hydrogen (secondary N) is 2.